The molecule has 0 spiro atoms. The van der Waals surface area contributed by atoms with Crippen molar-refractivity contribution in [2.45, 2.75) is 64.3 Å². The van der Waals surface area contributed by atoms with Crippen LogP contribution in [0.25, 0.3) is 0 Å². The number of urea groups is 1. The summed E-state index contributed by atoms with van der Waals surface area (Å²) >= 11 is 0. The van der Waals surface area contributed by atoms with Gasteiger partial charge in [-0.15, -0.1) is 0 Å². The molecule has 0 aromatic rings. The normalized spacial score (nSPS) is 28.2. The van der Waals surface area contributed by atoms with Gasteiger partial charge in [0.15, 0.2) is 0 Å². The largest absolute Gasteiger partial charge is 0.481 e. The zero-order chi connectivity index (χ0) is 14.6. The van der Waals surface area contributed by atoms with Gasteiger partial charge in [-0.2, -0.15) is 0 Å². The Kier molecular flexibility index (Phi) is 4.89. The molecular weight excluding hydrogens is 256 g/mol. The number of nitrogens with one attached hydrogen (secondary N) is 2. The number of carbonyl (C=O) groups is 2. The van der Waals surface area contributed by atoms with Crippen molar-refractivity contribution in [1.82, 2.24) is 10.6 Å². The maximum absolute atomic E-state index is 12.0. The monoisotopic (exact) mass is 282 g/mol. The molecule has 0 aromatic heterocycles. The van der Waals surface area contributed by atoms with Crippen LogP contribution in [0.4, 0.5) is 4.79 Å². The molecule has 2 saturated carbocycles. The van der Waals surface area contributed by atoms with Crippen molar-refractivity contribution < 1.29 is 14.7 Å². The van der Waals surface area contributed by atoms with E-state index in [0.29, 0.717) is 18.4 Å². The van der Waals surface area contributed by atoms with Gasteiger partial charge >= 0.3 is 12.0 Å². The zero-order valence-electron chi connectivity index (χ0n) is 12.3. The topological polar surface area (TPSA) is 78.4 Å². The first kappa shape index (κ1) is 15.1. The van der Waals surface area contributed by atoms with Crippen molar-refractivity contribution in [2.24, 2.45) is 11.3 Å². The van der Waals surface area contributed by atoms with E-state index in [9.17, 15) is 14.7 Å². The molecule has 2 fully saturated rings. The molecule has 5 nitrogen and oxygen atoms in total. The fourth-order valence-corrected chi connectivity index (χ4v) is 3.10. The summed E-state index contributed by atoms with van der Waals surface area (Å²) in [6, 6.07) is -0.436. The number of amides is 2. The Labute approximate surface area is 120 Å². The average molecular weight is 282 g/mol. The summed E-state index contributed by atoms with van der Waals surface area (Å²) in [7, 11) is 0. The lowest BCUT2D eigenvalue weighted by Gasteiger charge is -2.23. The molecule has 2 amide bonds. The maximum Gasteiger partial charge on any atom is 0.315 e. The van der Waals surface area contributed by atoms with Crippen LogP contribution in [0.2, 0.25) is 0 Å². The van der Waals surface area contributed by atoms with Crippen LogP contribution in [0.15, 0.2) is 0 Å². The number of carboxylic acids is 1. The van der Waals surface area contributed by atoms with Gasteiger partial charge in [-0.05, 0) is 37.5 Å². The van der Waals surface area contributed by atoms with Gasteiger partial charge in [0.2, 0.25) is 0 Å². The lowest BCUT2D eigenvalue weighted by atomic mass is 9.95. The van der Waals surface area contributed by atoms with Crippen LogP contribution in [0.1, 0.15) is 58.3 Å². The Morgan fingerprint density at radius 3 is 2.50 bits per heavy atom. The van der Waals surface area contributed by atoms with Crippen LogP contribution in [-0.4, -0.2) is 29.7 Å². The van der Waals surface area contributed by atoms with Crippen LogP contribution >= 0.6 is 0 Å². The lowest BCUT2D eigenvalue weighted by Crippen LogP contribution is -2.48. The van der Waals surface area contributed by atoms with Crippen molar-refractivity contribution in [3.63, 3.8) is 0 Å². The maximum atomic E-state index is 12.0. The summed E-state index contributed by atoms with van der Waals surface area (Å²) in [5.41, 5.74) is 0.312. The van der Waals surface area contributed by atoms with Crippen LogP contribution in [-0.2, 0) is 4.79 Å². The summed E-state index contributed by atoms with van der Waals surface area (Å²) in [6.45, 7) is 2.86. The van der Waals surface area contributed by atoms with Crippen molar-refractivity contribution in [2.75, 3.05) is 6.54 Å². The van der Waals surface area contributed by atoms with Gasteiger partial charge in [-0.25, -0.2) is 4.79 Å². The SMILES string of the molecule is CCC1(CNC(=O)NC2CCCCCC2C(=O)O)CC1. The molecule has 0 aliphatic heterocycles. The van der Waals surface area contributed by atoms with Gasteiger partial charge in [0.1, 0.15) is 0 Å². The van der Waals surface area contributed by atoms with Crippen molar-refractivity contribution in [1.29, 1.82) is 0 Å². The van der Waals surface area contributed by atoms with Gasteiger partial charge in [0, 0.05) is 12.6 Å². The predicted octanol–water partition coefficient (Wildman–Crippen LogP) is 2.51. The van der Waals surface area contributed by atoms with E-state index in [-0.39, 0.29) is 12.1 Å². The fourth-order valence-electron chi connectivity index (χ4n) is 3.10. The van der Waals surface area contributed by atoms with Gasteiger partial charge in [-0.3, -0.25) is 4.79 Å². The number of rotatable bonds is 5. The Morgan fingerprint density at radius 2 is 1.90 bits per heavy atom. The predicted molar refractivity (Wildman–Crippen MR) is 76.5 cm³/mol. The summed E-state index contributed by atoms with van der Waals surface area (Å²) in [5, 5.41) is 15.1. The van der Waals surface area contributed by atoms with E-state index in [2.05, 4.69) is 17.6 Å². The standard InChI is InChI=1S/C15H26N2O3/c1-2-15(8-9-15)10-16-14(20)17-12-7-5-3-4-6-11(12)13(18)19/h11-12H,2-10H2,1H3,(H,18,19)(H2,16,17,20). The minimum atomic E-state index is -0.788. The highest BCUT2D eigenvalue weighted by atomic mass is 16.4. The van der Waals surface area contributed by atoms with Gasteiger partial charge < -0.3 is 15.7 Å². The molecule has 2 unspecified atom stereocenters. The van der Waals surface area contributed by atoms with E-state index in [1.165, 1.54) is 12.8 Å². The molecule has 0 saturated heterocycles. The first-order chi connectivity index (χ1) is 9.56. The summed E-state index contributed by atoms with van der Waals surface area (Å²) < 4.78 is 0. The second kappa shape index (κ2) is 6.46. The molecule has 20 heavy (non-hydrogen) atoms. The first-order valence-corrected chi connectivity index (χ1v) is 7.83. The van der Waals surface area contributed by atoms with Crippen LogP contribution in [0, 0.1) is 11.3 Å². The summed E-state index contributed by atoms with van der Waals surface area (Å²) in [5.74, 6) is -1.23. The quantitative estimate of drug-likeness (QED) is 0.678. The molecule has 5 heteroatoms. The van der Waals surface area contributed by atoms with Gasteiger partial charge in [0.25, 0.3) is 0 Å². The summed E-state index contributed by atoms with van der Waals surface area (Å²) in [4.78, 5) is 23.3. The van der Waals surface area contributed by atoms with Crippen molar-refractivity contribution >= 4 is 12.0 Å². The van der Waals surface area contributed by atoms with E-state index in [4.69, 9.17) is 0 Å². The van der Waals surface area contributed by atoms with Gasteiger partial charge in [-0.1, -0.05) is 26.2 Å². The second-order valence-corrected chi connectivity index (χ2v) is 6.37. The van der Waals surface area contributed by atoms with Crippen LogP contribution in [0.3, 0.4) is 0 Å². The van der Waals surface area contributed by atoms with Crippen molar-refractivity contribution in [3.05, 3.63) is 0 Å². The molecule has 0 radical (unpaired) electrons. The Hall–Kier alpha value is -1.26. The lowest BCUT2D eigenvalue weighted by molar-refractivity contribution is -0.142. The number of hydrogen-bond donors (Lipinski definition) is 3. The molecule has 2 atom stereocenters. The molecule has 2 aliphatic rings. The van der Waals surface area contributed by atoms with Crippen molar-refractivity contribution in [3.8, 4) is 0 Å². The number of hydrogen-bond acceptors (Lipinski definition) is 2. The van der Waals surface area contributed by atoms with Crippen LogP contribution < -0.4 is 10.6 Å². The molecule has 0 aromatic carbocycles. The molecule has 2 rings (SSSR count). The molecule has 3 N–H and O–H groups in total. The smallest absolute Gasteiger partial charge is 0.315 e. The molecule has 0 heterocycles. The third-order valence-corrected chi connectivity index (χ3v) is 4.98. The van der Waals surface area contributed by atoms with E-state index < -0.39 is 11.9 Å². The van der Waals surface area contributed by atoms with E-state index in [1.807, 2.05) is 0 Å². The number of carboxylic acid groups (broad SMARTS) is 1. The van der Waals surface area contributed by atoms with E-state index >= 15 is 0 Å². The highest BCUT2D eigenvalue weighted by Gasteiger charge is 2.40. The minimum Gasteiger partial charge on any atom is -0.481 e. The number of carbonyl (C=O) groups excluding carboxylic acids is 1. The highest BCUT2D eigenvalue weighted by Crippen LogP contribution is 2.47. The Bertz CT molecular complexity index is 366. The van der Waals surface area contributed by atoms with Gasteiger partial charge in [0.05, 0.1) is 5.92 Å². The fraction of sp³-hybridized carbons (Fsp3) is 0.867. The molecular formula is C15H26N2O3. The van der Waals surface area contributed by atoms with E-state index in [0.717, 1.165) is 32.1 Å². The Morgan fingerprint density at radius 1 is 1.20 bits per heavy atom. The third kappa shape index (κ3) is 3.87. The summed E-state index contributed by atoms with van der Waals surface area (Å²) in [6.07, 6.45) is 7.89. The minimum absolute atomic E-state index is 0.206. The van der Waals surface area contributed by atoms with Crippen LogP contribution in [0.5, 0.6) is 0 Å². The highest BCUT2D eigenvalue weighted by molar-refractivity contribution is 5.76. The third-order valence-electron chi connectivity index (χ3n) is 4.98. The molecule has 114 valence electrons. The van der Waals surface area contributed by atoms with E-state index in [1.54, 1.807) is 0 Å². The average Bonchev–Trinajstić information content (AvgIpc) is 3.21. The number of aliphatic carboxylic acids is 1. The first-order valence-electron chi connectivity index (χ1n) is 7.83. The molecule has 0 bridgehead atoms. The second-order valence-electron chi connectivity index (χ2n) is 6.37. The molecule has 2 aliphatic carbocycles. The zero-order valence-corrected chi connectivity index (χ0v) is 12.3. The Balaban J connectivity index is 1.82.